The average Bonchev–Trinajstić information content (AvgIpc) is 2.88. The second-order valence-corrected chi connectivity index (χ2v) is 9.55. The zero-order chi connectivity index (χ0) is 28.7. The van der Waals surface area contributed by atoms with Crippen LogP contribution in [-0.2, 0) is 14.3 Å². The second kappa shape index (κ2) is 16.6. The first kappa shape index (κ1) is 32.8. The molecule has 3 aromatic rings. The summed E-state index contributed by atoms with van der Waals surface area (Å²) in [6.45, 7) is 5.79. The topological polar surface area (TPSA) is 90.9 Å². The molecule has 0 bridgehead atoms. The van der Waals surface area contributed by atoms with Crippen molar-refractivity contribution in [2.24, 2.45) is 0 Å². The first-order chi connectivity index (χ1) is 18.0. The number of nitrogens with one attached hydrogen (secondary N) is 1. The third kappa shape index (κ3) is 11.0. The minimum atomic E-state index is -0.580. The Bertz CT molecular complexity index is 1190. The molecule has 0 atom stereocenters. The van der Waals surface area contributed by atoms with Gasteiger partial charge in [-0.25, -0.2) is 0 Å². The maximum atomic E-state index is 12.9. The minimum absolute atomic E-state index is 0.0348. The van der Waals surface area contributed by atoms with Crippen molar-refractivity contribution >= 4 is 47.4 Å². The fraction of sp³-hybridized carbons (Fsp3) is 0.276. The van der Waals surface area contributed by atoms with E-state index < -0.39 is 5.91 Å². The molecular formula is C29H33Cl2NO6. The standard InChI is InChI=1S/C22H15Cl2NO4.C5H12O.C2H6O/c23-17-11-18(21(19(24)12-17)29-9-8-26)22(28)25-20-10-15(6-7-16(20)13-27)14-4-2-1-3-5-14;1-5(2,3)6-4;1-3-2/h1-8,10-13H,9H2,(H,25,28);1-4H3;1-2H3. The Kier molecular flexibility index (Phi) is 14.3. The van der Waals surface area contributed by atoms with Gasteiger partial charge in [0.05, 0.1) is 21.9 Å². The van der Waals surface area contributed by atoms with Crippen molar-refractivity contribution < 1.29 is 28.6 Å². The third-order valence-corrected chi connectivity index (χ3v) is 5.20. The zero-order valence-corrected chi connectivity index (χ0v) is 23.9. The van der Waals surface area contributed by atoms with E-state index in [1.54, 1.807) is 39.5 Å². The number of benzene rings is 3. The van der Waals surface area contributed by atoms with Crippen molar-refractivity contribution in [3.63, 3.8) is 0 Å². The Morgan fingerprint density at radius 3 is 2.05 bits per heavy atom. The summed E-state index contributed by atoms with van der Waals surface area (Å²) in [5.74, 6) is -0.545. The number of hydrogen-bond donors (Lipinski definition) is 1. The number of carbonyl (C=O) groups is 3. The predicted octanol–water partition coefficient (Wildman–Crippen LogP) is 7.00. The zero-order valence-electron chi connectivity index (χ0n) is 22.3. The number of rotatable bonds is 7. The number of anilines is 1. The lowest BCUT2D eigenvalue weighted by Gasteiger charge is -2.14. The van der Waals surface area contributed by atoms with Crippen molar-refractivity contribution in [2.75, 3.05) is 33.3 Å². The molecule has 0 saturated heterocycles. The maximum Gasteiger partial charge on any atom is 0.259 e. The lowest BCUT2D eigenvalue weighted by molar-refractivity contribution is -0.109. The van der Waals surface area contributed by atoms with E-state index in [-0.39, 0.29) is 33.6 Å². The van der Waals surface area contributed by atoms with Gasteiger partial charge in [0.2, 0.25) is 0 Å². The van der Waals surface area contributed by atoms with Crippen LogP contribution in [0.5, 0.6) is 5.75 Å². The Hall–Kier alpha value is -3.23. The number of ether oxygens (including phenoxy) is 3. The third-order valence-electron chi connectivity index (χ3n) is 4.70. The molecular weight excluding hydrogens is 529 g/mol. The van der Waals surface area contributed by atoms with Crippen molar-refractivity contribution in [1.29, 1.82) is 0 Å². The highest BCUT2D eigenvalue weighted by molar-refractivity contribution is 6.36. The van der Waals surface area contributed by atoms with Gasteiger partial charge >= 0.3 is 0 Å². The van der Waals surface area contributed by atoms with E-state index in [1.165, 1.54) is 12.1 Å². The first-order valence-corrected chi connectivity index (χ1v) is 12.2. The van der Waals surface area contributed by atoms with Gasteiger partial charge in [-0.15, -0.1) is 0 Å². The number of hydrogen-bond acceptors (Lipinski definition) is 6. The highest BCUT2D eigenvalue weighted by Crippen LogP contribution is 2.33. The van der Waals surface area contributed by atoms with E-state index in [0.717, 1.165) is 11.1 Å². The van der Waals surface area contributed by atoms with Gasteiger partial charge in [0.15, 0.2) is 18.3 Å². The van der Waals surface area contributed by atoms with Crippen molar-refractivity contribution in [3.8, 4) is 16.9 Å². The van der Waals surface area contributed by atoms with Crippen LogP contribution in [-0.4, -0.2) is 52.0 Å². The summed E-state index contributed by atoms with van der Waals surface area (Å²) >= 11 is 12.1. The summed E-state index contributed by atoms with van der Waals surface area (Å²) in [7, 11) is 4.96. The van der Waals surface area contributed by atoms with E-state index in [0.29, 0.717) is 23.8 Å². The Morgan fingerprint density at radius 2 is 1.53 bits per heavy atom. The number of aldehydes is 2. The lowest BCUT2D eigenvalue weighted by atomic mass is 10.0. The molecule has 1 N–H and O–H groups in total. The molecule has 0 spiro atoms. The number of methoxy groups -OCH3 is 2. The normalized spacial score (nSPS) is 10.2. The van der Waals surface area contributed by atoms with Crippen LogP contribution in [0.15, 0.2) is 60.7 Å². The molecule has 38 heavy (non-hydrogen) atoms. The van der Waals surface area contributed by atoms with E-state index in [9.17, 15) is 14.4 Å². The summed E-state index contributed by atoms with van der Waals surface area (Å²) in [4.78, 5) is 35.0. The summed E-state index contributed by atoms with van der Waals surface area (Å²) in [5.41, 5.74) is 2.48. The monoisotopic (exact) mass is 561 g/mol. The predicted molar refractivity (Wildman–Crippen MR) is 153 cm³/mol. The number of carbonyl (C=O) groups excluding carboxylic acids is 3. The Morgan fingerprint density at radius 1 is 0.921 bits per heavy atom. The van der Waals surface area contributed by atoms with E-state index in [1.807, 2.05) is 51.1 Å². The van der Waals surface area contributed by atoms with Gasteiger partial charge < -0.3 is 19.5 Å². The smallest absolute Gasteiger partial charge is 0.259 e. The van der Waals surface area contributed by atoms with Gasteiger partial charge in [-0.05, 0) is 56.2 Å². The summed E-state index contributed by atoms with van der Waals surface area (Å²) in [6, 6.07) is 17.4. The van der Waals surface area contributed by atoms with Crippen LogP contribution in [0.1, 0.15) is 41.5 Å². The number of amides is 1. The fourth-order valence-corrected chi connectivity index (χ4v) is 3.31. The highest BCUT2D eigenvalue weighted by Gasteiger charge is 2.19. The Labute approximate surface area is 234 Å². The van der Waals surface area contributed by atoms with Gasteiger partial charge in [-0.2, -0.15) is 0 Å². The second-order valence-electron chi connectivity index (χ2n) is 8.71. The van der Waals surface area contributed by atoms with Crippen LogP contribution >= 0.6 is 23.2 Å². The largest absolute Gasteiger partial charge is 0.484 e. The van der Waals surface area contributed by atoms with Crippen molar-refractivity contribution in [2.45, 2.75) is 26.4 Å². The highest BCUT2D eigenvalue weighted by atomic mass is 35.5. The molecule has 0 unspecified atom stereocenters. The van der Waals surface area contributed by atoms with Crippen LogP contribution in [0, 0.1) is 0 Å². The SMILES string of the molecule is COC.COC(C)(C)C.O=CCOc1c(Cl)cc(Cl)cc1C(=O)Nc1cc(-c2ccccc2)ccc1C=O. The van der Waals surface area contributed by atoms with E-state index in [4.69, 9.17) is 32.7 Å². The molecule has 0 aliphatic carbocycles. The van der Waals surface area contributed by atoms with Gasteiger partial charge in [0.1, 0.15) is 6.61 Å². The molecule has 7 nitrogen and oxygen atoms in total. The van der Waals surface area contributed by atoms with Crippen LogP contribution in [0.2, 0.25) is 10.0 Å². The molecule has 0 fully saturated rings. The molecule has 0 heterocycles. The van der Waals surface area contributed by atoms with E-state index in [2.05, 4.69) is 10.1 Å². The van der Waals surface area contributed by atoms with Crippen molar-refractivity contribution in [3.05, 3.63) is 81.8 Å². The molecule has 9 heteroatoms. The van der Waals surface area contributed by atoms with Crippen LogP contribution in [0.4, 0.5) is 5.69 Å². The average molecular weight is 562 g/mol. The quantitative estimate of drug-likeness (QED) is 0.312. The van der Waals surface area contributed by atoms with Gasteiger partial charge in [0, 0.05) is 31.9 Å². The number of halogens is 2. The summed E-state index contributed by atoms with van der Waals surface area (Å²) in [5, 5.41) is 3.03. The van der Waals surface area contributed by atoms with Crippen LogP contribution in [0.25, 0.3) is 11.1 Å². The summed E-state index contributed by atoms with van der Waals surface area (Å²) < 4.78 is 14.5. The molecule has 3 rings (SSSR count). The van der Waals surface area contributed by atoms with Crippen LogP contribution < -0.4 is 10.1 Å². The molecule has 0 aliphatic rings. The van der Waals surface area contributed by atoms with Gasteiger partial charge in [0.25, 0.3) is 5.91 Å². The minimum Gasteiger partial charge on any atom is -0.484 e. The van der Waals surface area contributed by atoms with Crippen molar-refractivity contribution in [1.82, 2.24) is 0 Å². The molecule has 0 aliphatic heterocycles. The fourth-order valence-electron chi connectivity index (χ4n) is 2.76. The molecule has 0 saturated carbocycles. The van der Waals surface area contributed by atoms with Gasteiger partial charge in [-0.3, -0.25) is 14.4 Å². The Balaban J connectivity index is 0.000000695. The molecule has 0 aromatic heterocycles. The summed E-state index contributed by atoms with van der Waals surface area (Å²) in [6.07, 6.45) is 1.19. The van der Waals surface area contributed by atoms with Crippen LogP contribution in [0.3, 0.4) is 0 Å². The van der Waals surface area contributed by atoms with Gasteiger partial charge in [-0.1, -0.05) is 59.6 Å². The first-order valence-electron chi connectivity index (χ1n) is 11.5. The lowest BCUT2D eigenvalue weighted by Crippen LogP contribution is -2.15. The molecule has 0 radical (unpaired) electrons. The van der Waals surface area contributed by atoms with E-state index >= 15 is 0 Å². The molecule has 3 aromatic carbocycles. The molecule has 1 amide bonds. The molecule has 204 valence electrons. The maximum absolute atomic E-state index is 12.9.